The second-order valence-electron chi connectivity index (χ2n) is 7.91. The second-order valence-corrected chi connectivity index (χ2v) is 7.91. The van der Waals surface area contributed by atoms with E-state index in [9.17, 15) is 10.1 Å². The molecule has 0 saturated carbocycles. The highest BCUT2D eigenvalue weighted by molar-refractivity contribution is 5.66. The molecule has 0 spiro atoms. The highest BCUT2D eigenvalue weighted by atomic mass is 16.5. The van der Waals surface area contributed by atoms with Gasteiger partial charge in [-0.1, -0.05) is 30.3 Å². The first-order chi connectivity index (χ1) is 17.0. The van der Waals surface area contributed by atoms with Crippen LogP contribution in [0.1, 0.15) is 43.9 Å². The Morgan fingerprint density at radius 1 is 1.31 bits per heavy atom. The number of nitrogens with one attached hydrogen (secondary N) is 1. The summed E-state index contributed by atoms with van der Waals surface area (Å²) in [5.41, 5.74) is 9.74. The predicted molar refractivity (Wildman–Crippen MR) is 134 cm³/mol. The van der Waals surface area contributed by atoms with E-state index >= 15 is 0 Å². The zero-order chi connectivity index (χ0) is 25.6. The fourth-order valence-corrected chi connectivity index (χ4v) is 3.51. The third-order valence-electron chi connectivity index (χ3n) is 4.86. The molecular weight excluding hydrogens is 446 g/mol. The van der Waals surface area contributed by atoms with Crippen LogP contribution in [0.5, 0.6) is 5.75 Å². The van der Waals surface area contributed by atoms with Crippen LogP contribution in [0.4, 0.5) is 0 Å². The lowest BCUT2D eigenvalue weighted by Crippen LogP contribution is -2.14. The highest BCUT2D eigenvalue weighted by Gasteiger charge is 2.20. The number of aliphatic hydroxyl groups is 1. The topological polar surface area (TPSA) is 147 Å². The van der Waals surface area contributed by atoms with Gasteiger partial charge in [0.2, 0.25) is 12.2 Å². The van der Waals surface area contributed by atoms with Gasteiger partial charge < -0.3 is 25.4 Å². The summed E-state index contributed by atoms with van der Waals surface area (Å²) in [5.74, 6) is 1.56. The molecule has 0 fully saturated rings. The van der Waals surface area contributed by atoms with E-state index in [1.807, 2.05) is 39.0 Å². The number of hydrogen-bond acceptors (Lipinski definition) is 8. The molecule has 9 nitrogen and oxygen atoms in total. The van der Waals surface area contributed by atoms with Gasteiger partial charge in [0.05, 0.1) is 18.3 Å². The minimum atomic E-state index is 0.00290. The molecule has 1 aromatic heterocycles. The molecule has 0 bridgehead atoms. The molecule has 2 aromatic carbocycles. The van der Waals surface area contributed by atoms with Crippen molar-refractivity contribution in [2.45, 2.75) is 46.1 Å². The number of nitrogens with two attached hydrogens (primary N) is 1. The summed E-state index contributed by atoms with van der Waals surface area (Å²) in [4.78, 5) is 13.9. The van der Waals surface area contributed by atoms with Crippen LogP contribution in [0.25, 0.3) is 22.8 Å². The van der Waals surface area contributed by atoms with Crippen molar-refractivity contribution in [3.63, 3.8) is 0 Å². The minimum absolute atomic E-state index is 0.00290. The Hall–Kier alpha value is -3.74. The minimum Gasteiger partial charge on any atom is -0.490 e. The van der Waals surface area contributed by atoms with Crippen LogP contribution in [0.2, 0.25) is 0 Å². The number of nitrogens with zero attached hydrogens (tertiary/aromatic N) is 3. The molecule has 0 atom stereocenters. The Labute approximate surface area is 205 Å². The quantitative estimate of drug-likeness (QED) is 0.346. The average Bonchev–Trinajstić information content (AvgIpc) is 3.53. The van der Waals surface area contributed by atoms with Gasteiger partial charge >= 0.3 is 0 Å². The predicted octanol–water partition coefficient (Wildman–Crippen LogP) is 3.24. The van der Waals surface area contributed by atoms with E-state index < -0.39 is 0 Å². The van der Waals surface area contributed by atoms with Gasteiger partial charge in [-0.15, -0.1) is 0 Å². The molecular formula is C26H33N5O4. The van der Waals surface area contributed by atoms with Crippen LogP contribution in [0.3, 0.4) is 0 Å². The van der Waals surface area contributed by atoms with E-state index in [1.54, 1.807) is 12.1 Å². The van der Waals surface area contributed by atoms with E-state index in [1.165, 1.54) is 17.5 Å². The Bertz CT molecular complexity index is 1120. The first-order valence-electron chi connectivity index (χ1n) is 11.6. The van der Waals surface area contributed by atoms with Crippen molar-refractivity contribution >= 4 is 6.41 Å². The van der Waals surface area contributed by atoms with Gasteiger partial charge in [-0.05, 0) is 69.0 Å². The molecule has 186 valence electrons. The van der Waals surface area contributed by atoms with Crippen molar-refractivity contribution in [3.05, 3.63) is 53.1 Å². The summed E-state index contributed by atoms with van der Waals surface area (Å²) in [5, 5.41) is 23.8. The fourth-order valence-electron chi connectivity index (χ4n) is 3.51. The van der Waals surface area contributed by atoms with Gasteiger partial charge in [0, 0.05) is 17.7 Å². The number of carbonyl (C=O) groups excluding carboxylic acids is 1. The maximum absolute atomic E-state index is 9.40. The smallest absolute Gasteiger partial charge is 0.258 e. The van der Waals surface area contributed by atoms with Gasteiger partial charge in [0.25, 0.3) is 5.89 Å². The number of ether oxygens (including phenoxy) is 1. The Balaban J connectivity index is 0.000000415. The lowest BCUT2D eigenvalue weighted by Gasteiger charge is -2.11. The molecule has 35 heavy (non-hydrogen) atoms. The molecule has 4 rings (SSSR count). The molecule has 0 aliphatic heterocycles. The largest absolute Gasteiger partial charge is 0.490 e. The zero-order valence-electron chi connectivity index (χ0n) is 20.5. The lowest BCUT2D eigenvalue weighted by atomic mass is 10.0. The van der Waals surface area contributed by atoms with Gasteiger partial charge in [-0.3, -0.25) is 4.79 Å². The summed E-state index contributed by atoms with van der Waals surface area (Å²) in [7, 11) is 0. The number of amides is 1. The van der Waals surface area contributed by atoms with Crippen LogP contribution >= 0.6 is 0 Å². The number of aliphatic hydroxyl groups excluding tert-OH is 1. The number of nitriles is 1. The molecule has 0 radical (unpaired) electrons. The van der Waals surface area contributed by atoms with Crippen LogP contribution in [-0.4, -0.2) is 47.5 Å². The Morgan fingerprint density at radius 2 is 2.09 bits per heavy atom. The molecule has 3 aromatic rings. The molecule has 1 heterocycles. The first-order valence-corrected chi connectivity index (χ1v) is 11.6. The average molecular weight is 480 g/mol. The zero-order valence-corrected chi connectivity index (χ0v) is 20.5. The van der Waals surface area contributed by atoms with E-state index in [4.69, 9.17) is 20.1 Å². The second kappa shape index (κ2) is 14.5. The molecule has 0 unspecified atom stereocenters. The van der Waals surface area contributed by atoms with Gasteiger partial charge in [-0.25, -0.2) is 0 Å². The molecule has 1 aliphatic carbocycles. The molecule has 0 saturated heterocycles. The number of fused-ring (bicyclic) bond motifs is 1. The highest BCUT2D eigenvalue weighted by Crippen LogP contribution is 2.32. The Morgan fingerprint density at radius 3 is 2.71 bits per heavy atom. The van der Waals surface area contributed by atoms with Crippen molar-refractivity contribution < 1.29 is 19.2 Å². The SMILES string of the molecule is CC(C)Oc1ccc(-c2nc(-c3cccc4c3CCC4)no2)cc1C#N.CCN.O=CNCCO. The van der Waals surface area contributed by atoms with Crippen LogP contribution in [-0.2, 0) is 17.6 Å². The number of hydrogen-bond donors (Lipinski definition) is 3. The number of aromatic nitrogens is 2. The number of rotatable bonds is 7. The van der Waals surface area contributed by atoms with Crippen molar-refractivity contribution in [1.82, 2.24) is 15.5 Å². The summed E-state index contributed by atoms with van der Waals surface area (Å²) in [6.07, 6.45) is 3.88. The standard InChI is InChI=1S/C21H19N3O2.C3H7NO2.C2H7N/c1-13(2)25-19-10-9-15(11-16(19)12-22)21-23-20(24-26-21)18-8-4-6-14-5-3-7-17(14)18;5-2-1-4-3-6;1-2-3/h4,6,8-11,13H,3,5,7H2,1-2H3;3,5H,1-2H2,(H,4,6);2-3H2,1H3. The van der Waals surface area contributed by atoms with Gasteiger partial charge in [0.1, 0.15) is 11.8 Å². The first kappa shape index (κ1) is 27.5. The van der Waals surface area contributed by atoms with Crippen LogP contribution < -0.4 is 15.8 Å². The van der Waals surface area contributed by atoms with Crippen molar-refractivity contribution in [2.75, 3.05) is 19.7 Å². The van der Waals surface area contributed by atoms with E-state index in [0.717, 1.165) is 24.9 Å². The Kier molecular flexibility index (Phi) is 11.4. The normalized spacial score (nSPS) is 11.3. The summed E-state index contributed by atoms with van der Waals surface area (Å²) >= 11 is 0. The summed E-state index contributed by atoms with van der Waals surface area (Å²) < 4.78 is 11.1. The molecule has 9 heteroatoms. The van der Waals surface area contributed by atoms with E-state index in [-0.39, 0.29) is 12.7 Å². The fraction of sp³-hybridized carbons (Fsp3) is 0.385. The van der Waals surface area contributed by atoms with Gasteiger partial charge in [-0.2, -0.15) is 10.2 Å². The molecule has 1 aliphatic rings. The van der Waals surface area contributed by atoms with E-state index in [0.29, 0.717) is 41.5 Å². The maximum atomic E-state index is 9.40. The van der Waals surface area contributed by atoms with Crippen molar-refractivity contribution in [2.24, 2.45) is 5.73 Å². The molecule has 1 amide bonds. The monoisotopic (exact) mass is 479 g/mol. The van der Waals surface area contributed by atoms with Crippen LogP contribution in [0.15, 0.2) is 40.9 Å². The van der Waals surface area contributed by atoms with Crippen molar-refractivity contribution in [3.8, 4) is 34.7 Å². The van der Waals surface area contributed by atoms with Gasteiger partial charge in [0.15, 0.2) is 0 Å². The van der Waals surface area contributed by atoms with Crippen LogP contribution in [0, 0.1) is 11.3 Å². The summed E-state index contributed by atoms with van der Waals surface area (Å²) in [6.45, 7) is 6.87. The third kappa shape index (κ3) is 7.91. The maximum Gasteiger partial charge on any atom is 0.258 e. The van der Waals surface area contributed by atoms with E-state index in [2.05, 4.69) is 27.6 Å². The number of aryl methyl sites for hydroxylation is 1. The third-order valence-corrected chi connectivity index (χ3v) is 4.86. The number of benzene rings is 2. The van der Waals surface area contributed by atoms with Crippen molar-refractivity contribution in [1.29, 1.82) is 5.26 Å². The summed E-state index contributed by atoms with van der Waals surface area (Å²) in [6, 6.07) is 13.8. The number of carbonyl (C=O) groups is 1. The lowest BCUT2D eigenvalue weighted by molar-refractivity contribution is -0.109. The molecule has 4 N–H and O–H groups in total.